The van der Waals surface area contributed by atoms with E-state index in [1.165, 1.54) is 0 Å². The summed E-state index contributed by atoms with van der Waals surface area (Å²) in [6.45, 7) is 2.32. The van der Waals surface area contributed by atoms with Gasteiger partial charge in [0, 0.05) is 32.1 Å². The molecule has 1 aliphatic carbocycles. The van der Waals surface area contributed by atoms with E-state index in [1.807, 2.05) is 4.90 Å². The fourth-order valence-electron chi connectivity index (χ4n) is 2.87. The molecule has 6 nitrogen and oxygen atoms in total. The predicted molar refractivity (Wildman–Crippen MR) is 84.8 cm³/mol. The maximum Gasteiger partial charge on any atom is 0.257 e. The van der Waals surface area contributed by atoms with E-state index in [9.17, 15) is 9.59 Å². The van der Waals surface area contributed by atoms with Crippen LogP contribution in [0.25, 0.3) is 0 Å². The maximum absolute atomic E-state index is 12.8. The van der Waals surface area contributed by atoms with Gasteiger partial charge in [-0.1, -0.05) is 0 Å². The molecule has 0 aromatic heterocycles. The van der Waals surface area contributed by atoms with Crippen molar-refractivity contribution < 1.29 is 19.1 Å². The highest BCUT2D eigenvalue weighted by atomic mass is 16.5. The Bertz CT molecular complexity index is 605. The van der Waals surface area contributed by atoms with Crippen molar-refractivity contribution in [3.8, 4) is 11.5 Å². The molecule has 124 valence electrons. The lowest BCUT2D eigenvalue weighted by molar-refractivity contribution is -0.134. The number of carbonyl (C=O) groups excluding carboxylic acids is 2. The SMILES string of the molecule is COc1ccc(OC)c(C(=O)N2CCN(C(=O)C3CC3)CC2)c1. The number of amides is 2. The van der Waals surface area contributed by atoms with Crippen LogP contribution in [0.4, 0.5) is 0 Å². The van der Waals surface area contributed by atoms with Gasteiger partial charge in [-0.3, -0.25) is 9.59 Å². The van der Waals surface area contributed by atoms with Crippen LogP contribution in [-0.2, 0) is 4.79 Å². The number of benzene rings is 1. The quantitative estimate of drug-likeness (QED) is 0.842. The van der Waals surface area contributed by atoms with Crippen molar-refractivity contribution in [3.05, 3.63) is 23.8 Å². The van der Waals surface area contributed by atoms with E-state index in [0.717, 1.165) is 12.8 Å². The molecule has 0 radical (unpaired) electrons. The molecule has 1 saturated heterocycles. The van der Waals surface area contributed by atoms with Gasteiger partial charge in [-0.25, -0.2) is 0 Å². The zero-order chi connectivity index (χ0) is 16.4. The fraction of sp³-hybridized carbons (Fsp3) is 0.529. The molecule has 1 aromatic carbocycles. The molecule has 0 unspecified atom stereocenters. The third kappa shape index (κ3) is 3.25. The Morgan fingerprint density at radius 2 is 1.65 bits per heavy atom. The summed E-state index contributed by atoms with van der Waals surface area (Å²) in [6, 6.07) is 5.20. The largest absolute Gasteiger partial charge is 0.497 e. The molecule has 2 amide bonds. The molecule has 1 aliphatic heterocycles. The minimum Gasteiger partial charge on any atom is -0.497 e. The highest BCUT2D eigenvalue weighted by Gasteiger charge is 2.35. The summed E-state index contributed by atoms with van der Waals surface area (Å²) in [4.78, 5) is 28.5. The molecule has 0 atom stereocenters. The second-order valence-electron chi connectivity index (χ2n) is 5.96. The number of nitrogens with zero attached hydrogens (tertiary/aromatic N) is 2. The van der Waals surface area contributed by atoms with E-state index >= 15 is 0 Å². The Morgan fingerprint density at radius 1 is 1.00 bits per heavy atom. The molecule has 1 saturated carbocycles. The third-order valence-corrected chi connectivity index (χ3v) is 4.44. The first-order valence-electron chi connectivity index (χ1n) is 7.94. The van der Waals surface area contributed by atoms with E-state index in [1.54, 1.807) is 37.3 Å². The molecular weight excluding hydrogens is 296 g/mol. The number of methoxy groups -OCH3 is 2. The van der Waals surface area contributed by atoms with Gasteiger partial charge in [0.2, 0.25) is 5.91 Å². The van der Waals surface area contributed by atoms with Crippen molar-refractivity contribution in [2.45, 2.75) is 12.8 Å². The maximum atomic E-state index is 12.8. The van der Waals surface area contributed by atoms with Gasteiger partial charge in [0.25, 0.3) is 5.91 Å². The minimum absolute atomic E-state index is 0.0840. The van der Waals surface area contributed by atoms with E-state index < -0.39 is 0 Å². The molecule has 23 heavy (non-hydrogen) atoms. The normalized spacial score (nSPS) is 17.8. The summed E-state index contributed by atoms with van der Waals surface area (Å²) in [5, 5.41) is 0. The van der Waals surface area contributed by atoms with Gasteiger partial charge in [-0.2, -0.15) is 0 Å². The summed E-state index contributed by atoms with van der Waals surface area (Å²) in [5.41, 5.74) is 0.494. The average molecular weight is 318 g/mol. The lowest BCUT2D eigenvalue weighted by Crippen LogP contribution is -2.51. The van der Waals surface area contributed by atoms with Crippen LogP contribution in [0.15, 0.2) is 18.2 Å². The van der Waals surface area contributed by atoms with Gasteiger partial charge >= 0.3 is 0 Å². The van der Waals surface area contributed by atoms with Crippen LogP contribution in [0.1, 0.15) is 23.2 Å². The highest BCUT2D eigenvalue weighted by molar-refractivity contribution is 5.97. The van der Waals surface area contributed by atoms with E-state index in [2.05, 4.69) is 0 Å². The zero-order valence-corrected chi connectivity index (χ0v) is 13.6. The van der Waals surface area contributed by atoms with Gasteiger partial charge in [-0.05, 0) is 31.0 Å². The minimum atomic E-state index is -0.0840. The molecule has 1 aromatic rings. The van der Waals surface area contributed by atoms with Crippen LogP contribution >= 0.6 is 0 Å². The lowest BCUT2D eigenvalue weighted by Gasteiger charge is -2.35. The predicted octanol–water partition coefficient (Wildman–Crippen LogP) is 1.40. The Labute approximate surface area is 136 Å². The van der Waals surface area contributed by atoms with Crippen LogP contribution in [-0.4, -0.2) is 62.0 Å². The molecule has 0 N–H and O–H groups in total. The number of rotatable bonds is 4. The van der Waals surface area contributed by atoms with Crippen molar-refractivity contribution in [2.24, 2.45) is 5.92 Å². The standard InChI is InChI=1S/C17H22N2O4/c1-22-13-5-6-15(23-2)14(11-13)17(21)19-9-7-18(8-10-19)16(20)12-3-4-12/h5-6,11-12H,3-4,7-10H2,1-2H3. The number of hydrogen-bond acceptors (Lipinski definition) is 4. The summed E-state index contributed by atoms with van der Waals surface area (Å²) in [5.74, 6) is 1.55. The van der Waals surface area contributed by atoms with Gasteiger partial charge < -0.3 is 19.3 Å². The summed E-state index contributed by atoms with van der Waals surface area (Å²) >= 11 is 0. The molecule has 2 aliphatic rings. The van der Waals surface area contributed by atoms with Gasteiger partial charge in [0.1, 0.15) is 11.5 Å². The van der Waals surface area contributed by atoms with E-state index in [-0.39, 0.29) is 17.7 Å². The van der Waals surface area contributed by atoms with Crippen LogP contribution < -0.4 is 9.47 Å². The fourth-order valence-corrected chi connectivity index (χ4v) is 2.87. The van der Waals surface area contributed by atoms with Crippen molar-refractivity contribution >= 4 is 11.8 Å². The molecule has 1 heterocycles. The molecule has 6 heteroatoms. The molecular formula is C17H22N2O4. The van der Waals surface area contributed by atoms with Crippen molar-refractivity contribution in [1.82, 2.24) is 9.80 Å². The topological polar surface area (TPSA) is 59.1 Å². The second-order valence-corrected chi connectivity index (χ2v) is 5.96. The number of hydrogen-bond donors (Lipinski definition) is 0. The number of piperazine rings is 1. The Balaban J connectivity index is 1.68. The average Bonchev–Trinajstić information content (AvgIpc) is 3.45. The van der Waals surface area contributed by atoms with Crippen molar-refractivity contribution in [3.63, 3.8) is 0 Å². The Morgan fingerprint density at radius 3 is 2.22 bits per heavy atom. The van der Waals surface area contributed by atoms with Crippen LogP contribution in [0.2, 0.25) is 0 Å². The number of ether oxygens (including phenoxy) is 2. The van der Waals surface area contributed by atoms with Crippen molar-refractivity contribution in [1.29, 1.82) is 0 Å². The zero-order valence-electron chi connectivity index (χ0n) is 13.6. The molecule has 3 rings (SSSR count). The highest BCUT2D eigenvalue weighted by Crippen LogP contribution is 2.31. The number of carbonyl (C=O) groups is 2. The first-order chi connectivity index (χ1) is 11.1. The van der Waals surface area contributed by atoms with Crippen LogP contribution in [0, 0.1) is 5.92 Å². The summed E-state index contributed by atoms with van der Waals surface area (Å²) in [6.07, 6.45) is 2.03. The van der Waals surface area contributed by atoms with E-state index in [4.69, 9.17) is 9.47 Å². The van der Waals surface area contributed by atoms with E-state index in [0.29, 0.717) is 43.2 Å². The monoisotopic (exact) mass is 318 g/mol. The van der Waals surface area contributed by atoms with Gasteiger partial charge in [0.05, 0.1) is 19.8 Å². The van der Waals surface area contributed by atoms with Crippen molar-refractivity contribution in [2.75, 3.05) is 40.4 Å². The Kier molecular flexibility index (Phi) is 4.41. The van der Waals surface area contributed by atoms with Gasteiger partial charge in [-0.15, -0.1) is 0 Å². The first kappa shape index (κ1) is 15.6. The lowest BCUT2D eigenvalue weighted by atomic mass is 10.1. The summed E-state index contributed by atoms with van der Waals surface area (Å²) < 4.78 is 10.5. The molecule has 0 spiro atoms. The smallest absolute Gasteiger partial charge is 0.257 e. The molecule has 0 bridgehead atoms. The molecule has 2 fully saturated rings. The first-order valence-corrected chi connectivity index (χ1v) is 7.94. The third-order valence-electron chi connectivity index (χ3n) is 4.44. The Hall–Kier alpha value is -2.24. The van der Waals surface area contributed by atoms with Crippen LogP contribution in [0.3, 0.4) is 0 Å². The summed E-state index contributed by atoms with van der Waals surface area (Å²) in [7, 11) is 3.11. The van der Waals surface area contributed by atoms with Gasteiger partial charge in [0.15, 0.2) is 0 Å². The second kappa shape index (κ2) is 6.48. The van der Waals surface area contributed by atoms with Crippen LogP contribution in [0.5, 0.6) is 11.5 Å².